The van der Waals surface area contributed by atoms with E-state index in [0.717, 1.165) is 6.54 Å². The van der Waals surface area contributed by atoms with E-state index >= 15 is 0 Å². The zero-order valence-corrected chi connectivity index (χ0v) is 12.1. The highest BCUT2D eigenvalue weighted by molar-refractivity contribution is 4.73. The fraction of sp³-hybridized carbons (Fsp3) is 1.00. The Morgan fingerprint density at radius 2 is 1.62 bits per heavy atom. The molecule has 0 saturated heterocycles. The second kappa shape index (κ2) is 10.1. The Labute approximate surface area is 103 Å². The summed E-state index contributed by atoms with van der Waals surface area (Å²) < 4.78 is 0. The summed E-state index contributed by atoms with van der Waals surface area (Å²) in [5, 5.41) is 3.66. The van der Waals surface area contributed by atoms with Crippen LogP contribution in [0, 0.1) is 0 Å². The molecule has 1 N–H and O–H groups in total. The minimum absolute atomic E-state index is 0.675. The number of rotatable bonds is 10. The Hall–Kier alpha value is -0.0800. The van der Waals surface area contributed by atoms with Crippen LogP contribution in [0.15, 0.2) is 0 Å². The van der Waals surface area contributed by atoms with Gasteiger partial charge in [0.1, 0.15) is 0 Å². The second-order valence-corrected chi connectivity index (χ2v) is 5.02. The largest absolute Gasteiger partial charge is 0.313 e. The molecular weight excluding hydrogens is 196 g/mol. The molecular formula is C14H32N2. The first kappa shape index (κ1) is 15.9. The first-order valence-corrected chi connectivity index (χ1v) is 7.09. The number of hydrogen-bond acceptors (Lipinski definition) is 2. The molecule has 0 fully saturated rings. The molecule has 0 aliphatic heterocycles. The van der Waals surface area contributed by atoms with Crippen LogP contribution < -0.4 is 5.32 Å². The lowest BCUT2D eigenvalue weighted by atomic mass is 10.1. The zero-order valence-electron chi connectivity index (χ0n) is 12.1. The third-order valence-corrected chi connectivity index (χ3v) is 3.29. The van der Waals surface area contributed by atoms with Crippen LogP contribution in [0.4, 0.5) is 0 Å². The van der Waals surface area contributed by atoms with Crippen LogP contribution in [-0.4, -0.2) is 37.1 Å². The Morgan fingerprint density at radius 3 is 2.12 bits per heavy atom. The van der Waals surface area contributed by atoms with E-state index in [9.17, 15) is 0 Å². The molecule has 2 unspecified atom stereocenters. The highest BCUT2D eigenvalue weighted by Gasteiger charge is 2.13. The first-order chi connectivity index (χ1) is 7.65. The molecule has 2 nitrogen and oxygen atoms in total. The third kappa shape index (κ3) is 7.24. The molecule has 2 heteroatoms. The number of hydrogen-bond donors (Lipinski definition) is 1. The van der Waals surface area contributed by atoms with Crippen molar-refractivity contribution in [1.29, 1.82) is 0 Å². The number of nitrogens with zero attached hydrogens (tertiary/aromatic N) is 1. The average molecular weight is 228 g/mol. The van der Waals surface area contributed by atoms with Gasteiger partial charge in [-0.25, -0.2) is 0 Å². The lowest BCUT2D eigenvalue weighted by Crippen LogP contribution is -2.43. The smallest absolute Gasteiger partial charge is 0.0194 e. The Bertz CT molecular complexity index is 148. The predicted octanol–water partition coefficient (Wildman–Crippen LogP) is 3.28. The molecule has 0 bridgehead atoms. The molecule has 0 rings (SSSR count). The van der Waals surface area contributed by atoms with E-state index in [1.165, 1.54) is 38.6 Å². The molecule has 0 aromatic heterocycles. The molecule has 0 aromatic rings. The molecule has 0 aliphatic carbocycles. The van der Waals surface area contributed by atoms with E-state index < -0.39 is 0 Å². The first-order valence-electron chi connectivity index (χ1n) is 7.09. The van der Waals surface area contributed by atoms with Gasteiger partial charge in [-0.15, -0.1) is 0 Å². The highest BCUT2D eigenvalue weighted by Crippen LogP contribution is 2.07. The predicted molar refractivity (Wildman–Crippen MR) is 74.0 cm³/mol. The molecule has 0 aromatic carbocycles. The van der Waals surface area contributed by atoms with Crippen molar-refractivity contribution in [3.05, 3.63) is 0 Å². The maximum Gasteiger partial charge on any atom is 0.0194 e. The quantitative estimate of drug-likeness (QED) is 0.617. The maximum absolute atomic E-state index is 3.66. The molecule has 0 spiro atoms. The van der Waals surface area contributed by atoms with Gasteiger partial charge in [-0.1, -0.05) is 33.6 Å². The summed E-state index contributed by atoms with van der Waals surface area (Å²) in [5.41, 5.74) is 0. The van der Waals surface area contributed by atoms with Crippen molar-refractivity contribution in [3.63, 3.8) is 0 Å². The van der Waals surface area contributed by atoms with Crippen LogP contribution in [0.2, 0.25) is 0 Å². The van der Waals surface area contributed by atoms with Crippen LogP contribution >= 0.6 is 0 Å². The van der Waals surface area contributed by atoms with E-state index in [4.69, 9.17) is 0 Å². The molecule has 2 atom stereocenters. The van der Waals surface area contributed by atoms with Gasteiger partial charge in [-0.3, -0.25) is 0 Å². The van der Waals surface area contributed by atoms with Gasteiger partial charge in [-0.05, 0) is 39.8 Å². The van der Waals surface area contributed by atoms with Gasteiger partial charge in [0.2, 0.25) is 0 Å². The lowest BCUT2D eigenvalue weighted by Gasteiger charge is -2.29. The fourth-order valence-corrected chi connectivity index (χ4v) is 2.12. The van der Waals surface area contributed by atoms with Crippen LogP contribution in [0.1, 0.15) is 59.8 Å². The maximum atomic E-state index is 3.66. The lowest BCUT2D eigenvalue weighted by molar-refractivity contribution is 0.213. The van der Waals surface area contributed by atoms with Gasteiger partial charge in [-0.2, -0.15) is 0 Å². The fourth-order valence-electron chi connectivity index (χ4n) is 2.12. The summed E-state index contributed by atoms with van der Waals surface area (Å²) in [7, 11) is 2.26. The molecule has 0 heterocycles. The van der Waals surface area contributed by atoms with Crippen LogP contribution in [0.25, 0.3) is 0 Å². The summed E-state index contributed by atoms with van der Waals surface area (Å²) in [6, 6.07) is 1.39. The van der Waals surface area contributed by atoms with E-state index in [-0.39, 0.29) is 0 Å². The van der Waals surface area contributed by atoms with E-state index in [1.807, 2.05) is 0 Å². The second-order valence-electron chi connectivity index (χ2n) is 5.02. The minimum Gasteiger partial charge on any atom is -0.313 e. The molecule has 0 aliphatic rings. The summed E-state index contributed by atoms with van der Waals surface area (Å²) in [5.74, 6) is 0. The standard InChI is InChI=1S/C14H32N2/c1-6-9-13(4)16(5)12-14(10-7-2)15-11-8-3/h13-15H,6-12H2,1-5H3. The number of nitrogens with one attached hydrogen (secondary N) is 1. The minimum atomic E-state index is 0.675. The average Bonchev–Trinajstić information content (AvgIpc) is 2.26. The van der Waals surface area contributed by atoms with Crippen molar-refractivity contribution >= 4 is 0 Å². The molecule has 16 heavy (non-hydrogen) atoms. The van der Waals surface area contributed by atoms with Crippen LogP contribution in [-0.2, 0) is 0 Å². The van der Waals surface area contributed by atoms with E-state index in [0.29, 0.717) is 12.1 Å². The Balaban J connectivity index is 3.94. The topological polar surface area (TPSA) is 15.3 Å². The van der Waals surface area contributed by atoms with Gasteiger partial charge in [0.05, 0.1) is 0 Å². The highest BCUT2D eigenvalue weighted by atomic mass is 15.1. The summed E-state index contributed by atoms with van der Waals surface area (Å²) >= 11 is 0. The summed E-state index contributed by atoms with van der Waals surface area (Å²) in [4.78, 5) is 2.51. The Morgan fingerprint density at radius 1 is 1.00 bits per heavy atom. The van der Waals surface area contributed by atoms with Crippen molar-refractivity contribution in [3.8, 4) is 0 Å². The van der Waals surface area contributed by atoms with Gasteiger partial charge in [0.15, 0.2) is 0 Å². The molecule has 0 amide bonds. The van der Waals surface area contributed by atoms with Gasteiger partial charge in [0.25, 0.3) is 0 Å². The summed E-state index contributed by atoms with van der Waals surface area (Å²) in [6.45, 7) is 11.5. The van der Waals surface area contributed by atoms with Crippen molar-refractivity contribution in [2.75, 3.05) is 20.1 Å². The molecule has 98 valence electrons. The molecule has 0 saturated carbocycles. The Kier molecular flexibility index (Phi) is 10.0. The van der Waals surface area contributed by atoms with E-state index in [1.54, 1.807) is 0 Å². The number of likely N-dealkylation sites (N-methyl/N-ethyl adjacent to an activating group) is 1. The monoisotopic (exact) mass is 228 g/mol. The van der Waals surface area contributed by atoms with Crippen LogP contribution in [0.3, 0.4) is 0 Å². The van der Waals surface area contributed by atoms with Crippen LogP contribution in [0.5, 0.6) is 0 Å². The third-order valence-electron chi connectivity index (χ3n) is 3.29. The van der Waals surface area contributed by atoms with Gasteiger partial charge in [0, 0.05) is 18.6 Å². The van der Waals surface area contributed by atoms with Crippen molar-refractivity contribution in [2.45, 2.75) is 71.9 Å². The molecule has 0 radical (unpaired) electrons. The summed E-state index contributed by atoms with van der Waals surface area (Å²) in [6.07, 6.45) is 6.39. The normalized spacial score (nSPS) is 15.4. The van der Waals surface area contributed by atoms with Crippen molar-refractivity contribution in [1.82, 2.24) is 10.2 Å². The van der Waals surface area contributed by atoms with Crippen molar-refractivity contribution < 1.29 is 0 Å². The zero-order chi connectivity index (χ0) is 12.4. The van der Waals surface area contributed by atoms with E-state index in [2.05, 4.69) is 45.0 Å². The SMILES string of the molecule is CCCNC(CCC)CN(C)C(C)CCC. The van der Waals surface area contributed by atoms with Gasteiger partial charge < -0.3 is 10.2 Å². The van der Waals surface area contributed by atoms with Crippen molar-refractivity contribution in [2.24, 2.45) is 0 Å². The van der Waals surface area contributed by atoms with Gasteiger partial charge >= 0.3 is 0 Å².